The molecule has 2 heterocycles. The number of benzene rings is 2. The number of hydrogen-bond acceptors (Lipinski definition) is 6. The fourth-order valence-corrected chi connectivity index (χ4v) is 4.06. The highest BCUT2D eigenvalue weighted by Crippen LogP contribution is 2.38. The van der Waals surface area contributed by atoms with Crippen molar-refractivity contribution in [3.8, 4) is 17.3 Å². The van der Waals surface area contributed by atoms with Crippen LogP contribution in [0.5, 0.6) is 11.6 Å². The Bertz CT molecular complexity index is 1380. The summed E-state index contributed by atoms with van der Waals surface area (Å²) in [4.78, 5) is 40.2. The van der Waals surface area contributed by atoms with Crippen LogP contribution in [-0.2, 0) is 4.79 Å². The summed E-state index contributed by atoms with van der Waals surface area (Å²) >= 11 is 6.03. The summed E-state index contributed by atoms with van der Waals surface area (Å²) < 4.78 is 6.39. The van der Waals surface area contributed by atoms with E-state index in [1.54, 1.807) is 31.2 Å². The number of aromatic nitrogens is 2. The number of H-pyrrole nitrogens is 1. The van der Waals surface area contributed by atoms with Crippen molar-refractivity contribution >= 4 is 23.2 Å². The first kappa shape index (κ1) is 22.3. The quantitative estimate of drug-likeness (QED) is 0.597. The maximum atomic E-state index is 12.7. The van der Waals surface area contributed by atoms with Gasteiger partial charge in [-0.2, -0.15) is 5.10 Å². The molecule has 170 valence electrons. The Balaban J connectivity index is 1.87. The largest absolute Gasteiger partial charge is 0.496 e. The average molecular weight is 469 g/mol. The topological polar surface area (TPSA) is 117 Å². The van der Waals surface area contributed by atoms with Crippen molar-refractivity contribution in [3.05, 3.63) is 85.5 Å². The monoisotopic (exact) mass is 468 g/mol. The van der Waals surface area contributed by atoms with E-state index < -0.39 is 23.2 Å². The number of hydrogen-bond donors (Lipinski definition) is 2. The van der Waals surface area contributed by atoms with E-state index in [4.69, 9.17) is 16.3 Å². The summed E-state index contributed by atoms with van der Waals surface area (Å²) in [5.74, 6) is -0.288. The molecule has 0 saturated carbocycles. The summed E-state index contributed by atoms with van der Waals surface area (Å²) in [5.41, 5.74) is -0.685. The van der Waals surface area contributed by atoms with Crippen molar-refractivity contribution < 1.29 is 14.6 Å². The van der Waals surface area contributed by atoms with E-state index in [0.29, 0.717) is 16.3 Å². The van der Waals surface area contributed by atoms with Crippen molar-refractivity contribution in [1.29, 1.82) is 0 Å². The Hall–Kier alpha value is -3.85. The predicted octanol–water partition coefficient (Wildman–Crippen LogP) is 2.98. The lowest BCUT2D eigenvalue weighted by atomic mass is 9.98. The van der Waals surface area contributed by atoms with E-state index in [-0.39, 0.29) is 35.7 Å². The summed E-state index contributed by atoms with van der Waals surface area (Å²) in [5, 5.41) is 17.0. The van der Waals surface area contributed by atoms with Crippen LogP contribution in [0, 0.1) is 0 Å². The van der Waals surface area contributed by atoms with Crippen LogP contribution in [0.1, 0.15) is 36.9 Å². The Kier molecular flexibility index (Phi) is 6.06. The molecule has 3 aromatic rings. The Morgan fingerprint density at radius 3 is 2.70 bits per heavy atom. The summed E-state index contributed by atoms with van der Waals surface area (Å²) in [7, 11) is 1.53. The third-order valence-electron chi connectivity index (χ3n) is 5.41. The van der Waals surface area contributed by atoms with E-state index in [9.17, 15) is 19.5 Å². The molecule has 0 aliphatic carbocycles. The van der Waals surface area contributed by atoms with Crippen LogP contribution in [0.25, 0.3) is 5.69 Å². The van der Waals surface area contributed by atoms with Crippen LogP contribution in [0.4, 0.5) is 0 Å². The molecule has 9 nitrogen and oxygen atoms in total. The normalized spacial score (nSPS) is 15.4. The lowest BCUT2D eigenvalue weighted by Crippen LogP contribution is -2.33. The highest BCUT2D eigenvalue weighted by Gasteiger charge is 2.36. The first-order valence-electron chi connectivity index (χ1n) is 10.2. The standard InChI is InChI=1S/C23H21ClN4O5/c1-3-19(29)28-17(15-9-4-5-10-18(15)33-2)12-16(26-28)20-21(30)25-23(32)27(22(20)31)14-8-6-7-13(24)11-14/h4-11,17,31H,3,12H2,1-2H3,(H,25,30,32)/t17-/m1/s1. The maximum Gasteiger partial charge on any atom is 0.335 e. The molecule has 0 spiro atoms. The van der Waals surface area contributed by atoms with Crippen molar-refractivity contribution in [2.24, 2.45) is 5.10 Å². The lowest BCUT2D eigenvalue weighted by molar-refractivity contribution is -0.132. The SMILES string of the molecule is CCC(=O)N1N=C(c2c(O)n(-c3cccc(Cl)c3)c(=O)[nH]c2=O)C[C@@H]1c1ccccc1OC. The first-order valence-corrected chi connectivity index (χ1v) is 10.6. The Morgan fingerprint density at radius 2 is 2.00 bits per heavy atom. The van der Waals surface area contributed by atoms with Gasteiger partial charge in [0.15, 0.2) is 0 Å². The number of aromatic hydroxyl groups is 1. The number of methoxy groups -OCH3 is 1. The van der Waals surface area contributed by atoms with Crippen LogP contribution < -0.4 is 16.0 Å². The second-order valence-corrected chi connectivity index (χ2v) is 7.81. The zero-order chi connectivity index (χ0) is 23.7. The van der Waals surface area contributed by atoms with Crippen molar-refractivity contribution in [1.82, 2.24) is 14.6 Å². The zero-order valence-electron chi connectivity index (χ0n) is 17.9. The number of aromatic amines is 1. The number of halogens is 1. The molecule has 0 bridgehead atoms. The minimum atomic E-state index is -0.829. The third kappa shape index (κ3) is 4.03. The molecule has 33 heavy (non-hydrogen) atoms. The number of hydrazone groups is 1. The smallest absolute Gasteiger partial charge is 0.335 e. The van der Waals surface area contributed by atoms with Gasteiger partial charge in [-0.05, 0) is 24.3 Å². The molecule has 2 N–H and O–H groups in total. The highest BCUT2D eigenvalue weighted by molar-refractivity contribution is 6.30. The number of ether oxygens (including phenoxy) is 1. The number of rotatable bonds is 5. The van der Waals surface area contributed by atoms with Gasteiger partial charge in [-0.25, -0.2) is 14.4 Å². The molecule has 1 aromatic heterocycles. The molecule has 0 fully saturated rings. The molecule has 1 amide bonds. The minimum Gasteiger partial charge on any atom is -0.496 e. The average Bonchev–Trinajstić information content (AvgIpc) is 3.23. The molecular formula is C23H21ClN4O5. The summed E-state index contributed by atoms with van der Waals surface area (Å²) in [6.45, 7) is 1.71. The zero-order valence-corrected chi connectivity index (χ0v) is 18.7. The molecular weight excluding hydrogens is 448 g/mol. The maximum absolute atomic E-state index is 12.7. The van der Waals surface area contributed by atoms with E-state index in [1.807, 2.05) is 18.2 Å². The van der Waals surface area contributed by atoms with Crippen LogP contribution >= 0.6 is 11.6 Å². The van der Waals surface area contributed by atoms with Gasteiger partial charge in [-0.15, -0.1) is 0 Å². The fraction of sp³-hybridized carbons (Fsp3) is 0.217. The first-order chi connectivity index (χ1) is 15.8. The van der Waals surface area contributed by atoms with Gasteiger partial charge < -0.3 is 9.84 Å². The molecule has 0 saturated heterocycles. The number of carbonyl (C=O) groups excluding carboxylic acids is 1. The number of carbonyl (C=O) groups is 1. The van der Waals surface area contributed by atoms with Gasteiger partial charge in [-0.1, -0.05) is 42.8 Å². The number of nitrogens with zero attached hydrogens (tertiary/aromatic N) is 3. The van der Waals surface area contributed by atoms with Crippen molar-refractivity contribution in [3.63, 3.8) is 0 Å². The van der Waals surface area contributed by atoms with Gasteiger partial charge in [0.2, 0.25) is 11.8 Å². The molecule has 0 unspecified atom stereocenters. The second-order valence-electron chi connectivity index (χ2n) is 7.37. The van der Waals surface area contributed by atoms with Crippen molar-refractivity contribution in [2.45, 2.75) is 25.8 Å². The van der Waals surface area contributed by atoms with Crippen LogP contribution in [-0.4, -0.2) is 38.4 Å². The minimum absolute atomic E-state index is 0.135. The molecule has 4 rings (SSSR count). The molecule has 0 radical (unpaired) electrons. The molecule has 1 atom stereocenters. The van der Waals surface area contributed by atoms with Gasteiger partial charge in [0.1, 0.15) is 11.3 Å². The highest BCUT2D eigenvalue weighted by atomic mass is 35.5. The van der Waals surface area contributed by atoms with Gasteiger partial charge in [0.05, 0.1) is 24.6 Å². The van der Waals surface area contributed by atoms with Crippen molar-refractivity contribution in [2.75, 3.05) is 7.11 Å². The van der Waals surface area contributed by atoms with Gasteiger partial charge in [0, 0.05) is 23.4 Å². The van der Waals surface area contributed by atoms with E-state index in [1.165, 1.54) is 18.2 Å². The molecule has 1 aliphatic rings. The molecule has 1 aliphatic heterocycles. The third-order valence-corrected chi connectivity index (χ3v) is 5.64. The molecule has 10 heteroatoms. The van der Waals surface area contributed by atoms with Crippen LogP contribution in [0.15, 0.2) is 63.2 Å². The van der Waals surface area contributed by atoms with Gasteiger partial charge >= 0.3 is 5.69 Å². The Labute approximate surface area is 193 Å². The lowest BCUT2D eigenvalue weighted by Gasteiger charge is -2.23. The van der Waals surface area contributed by atoms with E-state index in [2.05, 4.69) is 10.1 Å². The van der Waals surface area contributed by atoms with Crippen LogP contribution in [0.3, 0.4) is 0 Å². The summed E-state index contributed by atoms with van der Waals surface area (Å²) in [6.07, 6.45) is 0.323. The van der Waals surface area contributed by atoms with Gasteiger partial charge in [0.25, 0.3) is 5.56 Å². The van der Waals surface area contributed by atoms with E-state index in [0.717, 1.165) is 4.57 Å². The van der Waals surface area contributed by atoms with Crippen LogP contribution in [0.2, 0.25) is 5.02 Å². The number of para-hydroxylation sites is 1. The molecule has 2 aromatic carbocycles. The van der Waals surface area contributed by atoms with E-state index >= 15 is 0 Å². The number of nitrogens with one attached hydrogen (secondary N) is 1. The summed E-state index contributed by atoms with van der Waals surface area (Å²) in [6, 6.07) is 12.9. The fourth-order valence-electron chi connectivity index (χ4n) is 3.88. The van der Waals surface area contributed by atoms with Gasteiger partial charge in [-0.3, -0.25) is 14.6 Å². The Morgan fingerprint density at radius 1 is 1.24 bits per heavy atom. The predicted molar refractivity (Wildman–Crippen MR) is 123 cm³/mol. The number of amides is 1. The second kappa shape index (κ2) is 8.95.